The van der Waals surface area contributed by atoms with Crippen molar-refractivity contribution < 1.29 is 13.5 Å². The van der Waals surface area contributed by atoms with Crippen LogP contribution < -0.4 is 0 Å². The van der Waals surface area contributed by atoms with Crippen LogP contribution in [-0.4, -0.2) is 53.9 Å². The molecule has 0 bridgehead atoms. The number of hydrogen-bond acceptors (Lipinski definition) is 3. The molecule has 0 atom stereocenters. The lowest BCUT2D eigenvalue weighted by Gasteiger charge is -2.46. The van der Waals surface area contributed by atoms with Crippen molar-refractivity contribution in [2.24, 2.45) is 0 Å². The summed E-state index contributed by atoms with van der Waals surface area (Å²) in [5.74, 6) is 0. The molecule has 0 unspecified atom stereocenters. The van der Waals surface area contributed by atoms with E-state index in [4.69, 9.17) is 0 Å². The van der Waals surface area contributed by atoms with E-state index in [2.05, 4.69) is 0 Å². The molecule has 1 aliphatic rings. The highest BCUT2D eigenvalue weighted by molar-refractivity contribution is 7.86. The summed E-state index contributed by atoms with van der Waals surface area (Å²) in [6, 6.07) is 0. The molecule has 0 aromatic heterocycles. The van der Waals surface area contributed by atoms with E-state index in [1.54, 1.807) is 0 Å². The highest BCUT2D eigenvalue weighted by Gasteiger charge is 2.47. The van der Waals surface area contributed by atoms with Crippen LogP contribution in [-0.2, 0) is 10.2 Å². The maximum Gasteiger partial charge on any atom is 0.282 e. The maximum absolute atomic E-state index is 12.0. The average Bonchev–Trinajstić information content (AvgIpc) is 2.15. The molecule has 1 rings (SSSR count). The molecule has 6 heteroatoms. The van der Waals surface area contributed by atoms with Gasteiger partial charge in [0.25, 0.3) is 10.2 Å². The fourth-order valence-electron chi connectivity index (χ4n) is 2.11. The van der Waals surface area contributed by atoms with Crippen molar-refractivity contribution in [3.63, 3.8) is 0 Å². The van der Waals surface area contributed by atoms with E-state index in [0.29, 0.717) is 19.5 Å². The standard InChI is InChI=1S/C10H22N2O3S/c1-4-7-10(13)8-12(9-10)16(14,15)11(5-2)6-3/h13H,4-9H2,1-3H3. The molecule has 1 fully saturated rings. The molecule has 0 aromatic rings. The van der Waals surface area contributed by atoms with E-state index in [0.717, 1.165) is 6.42 Å². The van der Waals surface area contributed by atoms with Crippen molar-refractivity contribution in [1.29, 1.82) is 0 Å². The second-order valence-electron chi connectivity index (χ2n) is 4.33. The van der Waals surface area contributed by atoms with Crippen LogP contribution in [0.15, 0.2) is 0 Å². The Morgan fingerprint density at radius 2 is 1.75 bits per heavy atom. The lowest BCUT2D eigenvalue weighted by molar-refractivity contribution is -0.0673. The molecule has 0 saturated carbocycles. The smallest absolute Gasteiger partial charge is 0.282 e. The number of aliphatic hydroxyl groups is 1. The molecule has 5 nitrogen and oxygen atoms in total. The van der Waals surface area contributed by atoms with Gasteiger partial charge in [-0.1, -0.05) is 27.2 Å². The van der Waals surface area contributed by atoms with E-state index < -0.39 is 15.8 Å². The van der Waals surface area contributed by atoms with Crippen molar-refractivity contribution >= 4 is 10.2 Å². The number of nitrogens with zero attached hydrogens (tertiary/aromatic N) is 2. The summed E-state index contributed by atoms with van der Waals surface area (Å²) in [6.07, 6.45) is 1.53. The summed E-state index contributed by atoms with van der Waals surface area (Å²) >= 11 is 0. The average molecular weight is 250 g/mol. The predicted molar refractivity (Wildman–Crippen MR) is 63.3 cm³/mol. The Kier molecular flexibility index (Phi) is 4.34. The Balaban J connectivity index is 2.63. The van der Waals surface area contributed by atoms with Gasteiger partial charge in [0, 0.05) is 26.2 Å². The number of β-amino-alcohol motifs (C(OH)–C–C–N with tert-alkyl or cyclic N) is 1. The second kappa shape index (κ2) is 5.00. The largest absolute Gasteiger partial charge is 0.387 e. The first kappa shape index (κ1) is 13.9. The SMILES string of the molecule is CCCC1(O)CN(S(=O)(=O)N(CC)CC)C1. The zero-order valence-corrected chi connectivity index (χ0v) is 11.1. The Labute approximate surface area is 98.2 Å². The Morgan fingerprint density at radius 3 is 2.12 bits per heavy atom. The monoisotopic (exact) mass is 250 g/mol. The van der Waals surface area contributed by atoms with E-state index >= 15 is 0 Å². The van der Waals surface area contributed by atoms with Crippen molar-refractivity contribution in [1.82, 2.24) is 8.61 Å². The number of hydrogen-bond donors (Lipinski definition) is 1. The zero-order chi connectivity index (χ0) is 12.4. The van der Waals surface area contributed by atoms with Crippen molar-refractivity contribution in [2.45, 2.75) is 39.2 Å². The molecule has 0 spiro atoms. The Morgan fingerprint density at radius 1 is 1.25 bits per heavy atom. The third-order valence-corrected chi connectivity index (χ3v) is 5.09. The maximum atomic E-state index is 12.0. The predicted octanol–water partition coefficient (Wildman–Crippen LogP) is 0.420. The molecule has 96 valence electrons. The van der Waals surface area contributed by atoms with Crippen LogP contribution in [0.2, 0.25) is 0 Å². The van der Waals surface area contributed by atoms with E-state index in [1.807, 2.05) is 20.8 Å². The Bertz CT molecular complexity index is 319. The van der Waals surface area contributed by atoms with E-state index in [9.17, 15) is 13.5 Å². The summed E-state index contributed by atoms with van der Waals surface area (Å²) in [7, 11) is -3.35. The summed E-state index contributed by atoms with van der Waals surface area (Å²) in [5, 5.41) is 9.95. The molecule has 1 heterocycles. The summed E-state index contributed by atoms with van der Waals surface area (Å²) < 4.78 is 26.8. The summed E-state index contributed by atoms with van der Waals surface area (Å²) in [6.45, 7) is 7.04. The van der Waals surface area contributed by atoms with Crippen molar-refractivity contribution in [2.75, 3.05) is 26.2 Å². The van der Waals surface area contributed by atoms with Gasteiger partial charge < -0.3 is 5.11 Å². The minimum atomic E-state index is -3.35. The van der Waals surface area contributed by atoms with Gasteiger partial charge in [0.2, 0.25) is 0 Å². The third-order valence-electron chi connectivity index (χ3n) is 3.01. The molecule has 0 aromatic carbocycles. The van der Waals surface area contributed by atoms with Gasteiger partial charge in [-0.2, -0.15) is 17.0 Å². The van der Waals surface area contributed by atoms with Gasteiger partial charge in [-0.15, -0.1) is 0 Å². The quantitative estimate of drug-likeness (QED) is 0.743. The first-order valence-corrected chi connectivity index (χ1v) is 7.27. The topological polar surface area (TPSA) is 60.9 Å². The molecule has 1 N–H and O–H groups in total. The minimum Gasteiger partial charge on any atom is -0.387 e. The van der Waals surface area contributed by atoms with Crippen LogP contribution in [0.1, 0.15) is 33.6 Å². The van der Waals surface area contributed by atoms with Crippen LogP contribution >= 0.6 is 0 Å². The van der Waals surface area contributed by atoms with Crippen LogP contribution in [0.5, 0.6) is 0 Å². The molecule has 1 aliphatic heterocycles. The second-order valence-corrected chi connectivity index (χ2v) is 6.26. The normalized spacial score (nSPS) is 21.1. The molecular formula is C10H22N2O3S. The molecule has 0 radical (unpaired) electrons. The highest BCUT2D eigenvalue weighted by atomic mass is 32.2. The molecule has 0 aliphatic carbocycles. The van der Waals surface area contributed by atoms with E-state index in [1.165, 1.54) is 8.61 Å². The lowest BCUT2D eigenvalue weighted by atomic mass is 9.92. The van der Waals surface area contributed by atoms with Crippen LogP contribution in [0.4, 0.5) is 0 Å². The summed E-state index contributed by atoms with van der Waals surface area (Å²) in [4.78, 5) is 0. The van der Waals surface area contributed by atoms with E-state index in [-0.39, 0.29) is 13.1 Å². The Hall–Kier alpha value is -0.170. The van der Waals surface area contributed by atoms with Crippen molar-refractivity contribution in [3.8, 4) is 0 Å². The van der Waals surface area contributed by atoms with Gasteiger partial charge in [0.15, 0.2) is 0 Å². The fourth-order valence-corrected chi connectivity index (χ4v) is 3.90. The molecule has 1 saturated heterocycles. The minimum absolute atomic E-state index is 0.236. The molecule has 16 heavy (non-hydrogen) atoms. The van der Waals surface area contributed by atoms with Gasteiger partial charge in [0.05, 0.1) is 5.60 Å². The van der Waals surface area contributed by atoms with Crippen LogP contribution in [0.3, 0.4) is 0 Å². The first-order chi connectivity index (χ1) is 7.39. The van der Waals surface area contributed by atoms with Gasteiger partial charge >= 0.3 is 0 Å². The van der Waals surface area contributed by atoms with Crippen LogP contribution in [0.25, 0.3) is 0 Å². The lowest BCUT2D eigenvalue weighted by Crippen LogP contribution is -2.65. The fraction of sp³-hybridized carbons (Fsp3) is 1.00. The van der Waals surface area contributed by atoms with Crippen molar-refractivity contribution in [3.05, 3.63) is 0 Å². The first-order valence-electron chi connectivity index (χ1n) is 5.87. The van der Waals surface area contributed by atoms with Gasteiger partial charge in [-0.05, 0) is 6.42 Å². The van der Waals surface area contributed by atoms with Crippen LogP contribution in [0, 0.1) is 0 Å². The van der Waals surface area contributed by atoms with Gasteiger partial charge in [-0.3, -0.25) is 0 Å². The zero-order valence-electron chi connectivity index (χ0n) is 10.3. The van der Waals surface area contributed by atoms with Gasteiger partial charge in [0.1, 0.15) is 0 Å². The molecular weight excluding hydrogens is 228 g/mol. The third kappa shape index (κ3) is 2.56. The highest BCUT2D eigenvalue weighted by Crippen LogP contribution is 2.29. The number of rotatable bonds is 6. The molecule has 0 amide bonds. The summed E-state index contributed by atoms with van der Waals surface area (Å²) in [5.41, 5.74) is -0.797. The van der Waals surface area contributed by atoms with Gasteiger partial charge in [-0.25, -0.2) is 0 Å².